The second-order valence-corrected chi connectivity index (χ2v) is 7.81. The molecular weight excluding hydrogens is 318 g/mol. The van der Waals surface area contributed by atoms with Gasteiger partial charge in [0.2, 0.25) is 10.0 Å². The Bertz CT molecular complexity index is 832. The maximum Gasteiger partial charge on any atom is 0.417 e. The van der Waals surface area contributed by atoms with Crippen LogP contribution in [0.5, 0.6) is 0 Å². The van der Waals surface area contributed by atoms with Crippen molar-refractivity contribution < 1.29 is 12.8 Å². The predicted molar refractivity (Wildman–Crippen MR) is 89.3 cm³/mol. The Morgan fingerprint density at radius 1 is 1.22 bits per heavy atom. The lowest BCUT2D eigenvalue weighted by molar-refractivity contribution is 0.384. The quantitative estimate of drug-likeness (QED) is 0.889. The zero-order chi connectivity index (χ0) is 16.4. The van der Waals surface area contributed by atoms with Crippen molar-refractivity contribution in [2.45, 2.75) is 19.8 Å². The number of piperazine rings is 1. The van der Waals surface area contributed by atoms with Crippen LogP contribution in [-0.4, -0.2) is 49.6 Å². The number of rotatable bonds is 5. The van der Waals surface area contributed by atoms with E-state index in [1.54, 1.807) is 10.4 Å². The number of aromatic nitrogens is 1. The van der Waals surface area contributed by atoms with Gasteiger partial charge in [-0.05, 0) is 18.6 Å². The number of benzene rings is 1. The molecule has 23 heavy (non-hydrogen) atoms. The first-order valence-corrected chi connectivity index (χ1v) is 9.47. The van der Waals surface area contributed by atoms with E-state index in [-0.39, 0.29) is 5.75 Å². The Kier molecular flexibility index (Phi) is 4.45. The number of unbranched alkanes of at least 4 members (excludes halogenated alkanes) is 1. The second kappa shape index (κ2) is 6.37. The molecule has 1 fully saturated rings. The summed E-state index contributed by atoms with van der Waals surface area (Å²) in [5, 5.41) is 0. The maximum absolute atomic E-state index is 12.2. The van der Waals surface area contributed by atoms with E-state index in [1.807, 2.05) is 19.1 Å². The first-order valence-electron chi connectivity index (χ1n) is 7.86. The lowest BCUT2D eigenvalue weighted by Gasteiger charge is -2.35. The first kappa shape index (κ1) is 16.1. The number of hydrogen-bond acceptors (Lipinski definition) is 5. The van der Waals surface area contributed by atoms with Crippen LogP contribution in [-0.2, 0) is 10.0 Å². The van der Waals surface area contributed by atoms with Gasteiger partial charge in [0.25, 0.3) is 0 Å². The summed E-state index contributed by atoms with van der Waals surface area (Å²) in [5.74, 6) is -0.264. The number of para-hydroxylation sites is 1. The topological polar surface area (TPSA) is 86.6 Å². The summed E-state index contributed by atoms with van der Waals surface area (Å²) in [5.41, 5.74) is 2.01. The van der Waals surface area contributed by atoms with Crippen LogP contribution in [0.25, 0.3) is 11.1 Å². The third-order valence-corrected chi connectivity index (χ3v) is 6.11. The highest BCUT2D eigenvalue weighted by Gasteiger charge is 2.27. The van der Waals surface area contributed by atoms with Crippen LogP contribution in [0.1, 0.15) is 19.8 Å². The van der Waals surface area contributed by atoms with Gasteiger partial charge < -0.3 is 9.32 Å². The average molecular weight is 339 g/mol. The Labute approximate surface area is 134 Å². The van der Waals surface area contributed by atoms with Crippen molar-refractivity contribution in [2.24, 2.45) is 0 Å². The molecule has 1 aliphatic rings. The number of hydrogen-bond donors (Lipinski definition) is 1. The molecule has 126 valence electrons. The molecule has 2 heterocycles. The number of nitrogens with zero attached hydrogens (tertiary/aromatic N) is 2. The van der Waals surface area contributed by atoms with Crippen molar-refractivity contribution >= 4 is 26.8 Å². The summed E-state index contributed by atoms with van der Waals surface area (Å²) in [6.07, 6.45) is 1.56. The smallest absolute Gasteiger partial charge is 0.406 e. The molecule has 0 unspecified atom stereocenters. The van der Waals surface area contributed by atoms with Gasteiger partial charge in [0.15, 0.2) is 5.58 Å². The van der Waals surface area contributed by atoms with Gasteiger partial charge in [0.1, 0.15) is 0 Å². The van der Waals surface area contributed by atoms with Gasteiger partial charge in [0, 0.05) is 26.2 Å². The van der Waals surface area contributed by atoms with E-state index in [1.165, 1.54) is 0 Å². The number of nitrogens with one attached hydrogen (secondary N) is 1. The fourth-order valence-corrected chi connectivity index (χ4v) is 4.50. The molecule has 1 aliphatic heterocycles. The van der Waals surface area contributed by atoms with E-state index in [0.717, 1.165) is 12.1 Å². The molecule has 0 amide bonds. The van der Waals surface area contributed by atoms with Crippen LogP contribution in [0, 0.1) is 0 Å². The summed E-state index contributed by atoms with van der Waals surface area (Å²) in [7, 11) is -3.16. The molecule has 7 nitrogen and oxygen atoms in total. The summed E-state index contributed by atoms with van der Waals surface area (Å²) in [4.78, 5) is 16.1. The molecule has 1 aromatic heterocycles. The van der Waals surface area contributed by atoms with Crippen molar-refractivity contribution in [3.63, 3.8) is 0 Å². The summed E-state index contributed by atoms with van der Waals surface area (Å²) in [6, 6.07) is 5.53. The highest BCUT2D eigenvalue weighted by atomic mass is 32.2. The SMILES string of the molecule is CCCCS(=O)(=O)N1CCN(c2cccc3[nH]c(=O)oc23)CC1. The van der Waals surface area contributed by atoms with Crippen molar-refractivity contribution in [1.29, 1.82) is 0 Å². The first-order chi connectivity index (χ1) is 11.0. The number of sulfonamides is 1. The fourth-order valence-electron chi connectivity index (χ4n) is 2.87. The van der Waals surface area contributed by atoms with Gasteiger partial charge in [-0.3, -0.25) is 4.98 Å². The van der Waals surface area contributed by atoms with Crippen molar-refractivity contribution in [3.05, 3.63) is 28.7 Å². The van der Waals surface area contributed by atoms with Crippen LogP contribution >= 0.6 is 0 Å². The van der Waals surface area contributed by atoms with Gasteiger partial charge in [-0.2, -0.15) is 4.31 Å². The molecule has 1 saturated heterocycles. The molecule has 1 N–H and O–H groups in total. The lowest BCUT2D eigenvalue weighted by atomic mass is 10.2. The zero-order valence-corrected chi connectivity index (χ0v) is 13.9. The van der Waals surface area contributed by atoms with Crippen molar-refractivity contribution in [2.75, 3.05) is 36.8 Å². The Balaban J connectivity index is 1.75. The maximum atomic E-state index is 12.2. The van der Waals surface area contributed by atoms with Gasteiger partial charge in [0.05, 0.1) is 17.0 Å². The molecule has 0 radical (unpaired) electrons. The lowest BCUT2D eigenvalue weighted by Crippen LogP contribution is -2.49. The number of fused-ring (bicyclic) bond motifs is 1. The minimum Gasteiger partial charge on any atom is -0.406 e. The Morgan fingerprint density at radius 3 is 2.65 bits per heavy atom. The third kappa shape index (κ3) is 3.28. The zero-order valence-electron chi connectivity index (χ0n) is 13.1. The molecule has 8 heteroatoms. The normalized spacial score (nSPS) is 17.0. The Hall–Kier alpha value is -1.80. The van der Waals surface area contributed by atoms with Crippen LogP contribution in [0.3, 0.4) is 0 Å². The largest absolute Gasteiger partial charge is 0.417 e. The molecule has 0 aliphatic carbocycles. The summed E-state index contributed by atoms with van der Waals surface area (Å²) < 4.78 is 31.3. The van der Waals surface area contributed by atoms with E-state index in [2.05, 4.69) is 9.88 Å². The van der Waals surface area contributed by atoms with Crippen molar-refractivity contribution in [3.8, 4) is 0 Å². The van der Waals surface area contributed by atoms with E-state index in [9.17, 15) is 13.2 Å². The van der Waals surface area contributed by atoms with E-state index in [0.29, 0.717) is 43.7 Å². The predicted octanol–water partition coefficient (Wildman–Crippen LogP) is 1.37. The molecule has 0 bridgehead atoms. The van der Waals surface area contributed by atoms with E-state index >= 15 is 0 Å². The van der Waals surface area contributed by atoms with Crippen LogP contribution in [0.4, 0.5) is 5.69 Å². The third-order valence-electron chi connectivity index (χ3n) is 4.15. The van der Waals surface area contributed by atoms with E-state index < -0.39 is 15.8 Å². The molecule has 1 aromatic carbocycles. The molecule has 0 atom stereocenters. The van der Waals surface area contributed by atoms with Gasteiger partial charge in [-0.15, -0.1) is 0 Å². The van der Waals surface area contributed by atoms with Gasteiger partial charge in [-0.1, -0.05) is 19.4 Å². The molecule has 2 aromatic rings. The Morgan fingerprint density at radius 2 is 1.96 bits per heavy atom. The number of aromatic amines is 1. The molecular formula is C15H21N3O4S. The monoisotopic (exact) mass is 339 g/mol. The number of anilines is 1. The minimum atomic E-state index is -3.16. The highest BCUT2D eigenvalue weighted by Crippen LogP contribution is 2.26. The molecule has 0 saturated carbocycles. The minimum absolute atomic E-state index is 0.214. The molecule has 0 spiro atoms. The highest BCUT2D eigenvalue weighted by molar-refractivity contribution is 7.89. The van der Waals surface area contributed by atoms with Gasteiger partial charge in [-0.25, -0.2) is 13.2 Å². The molecule has 3 rings (SSSR count). The fraction of sp³-hybridized carbons (Fsp3) is 0.533. The van der Waals surface area contributed by atoms with Gasteiger partial charge >= 0.3 is 5.76 Å². The van der Waals surface area contributed by atoms with Crippen LogP contribution < -0.4 is 10.7 Å². The second-order valence-electron chi connectivity index (χ2n) is 5.72. The number of oxazole rings is 1. The van der Waals surface area contributed by atoms with E-state index in [4.69, 9.17) is 4.42 Å². The summed E-state index contributed by atoms with van der Waals surface area (Å²) in [6.45, 7) is 4.06. The summed E-state index contributed by atoms with van der Waals surface area (Å²) >= 11 is 0. The van der Waals surface area contributed by atoms with Crippen LogP contribution in [0.15, 0.2) is 27.4 Å². The average Bonchev–Trinajstić information content (AvgIpc) is 2.93. The standard InChI is InChI=1S/C15H21N3O4S/c1-2-3-11-23(20,21)18-9-7-17(8-10-18)13-6-4-5-12-14(13)22-15(19)16-12/h4-6H,2-3,7-11H2,1H3,(H,16,19). The van der Waals surface area contributed by atoms with Crippen molar-refractivity contribution in [1.82, 2.24) is 9.29 Å². The number of H-pyrrole nitrogens is 1. The van der Waals surface area contributed by atoms with Crippen LogP contribution in [0.2, 0.25) is 0 Å².